The Hall–Kier alpha value is -2.44. The van der Waals surface area contributed by atoms with Crippen LogP contribution in [0.3, 0.4) is 0 Å². The quantitative estimate of drug-likeness (QED) is 0.865. The van der Waals surface area contributed by atoms with E-state index in [0.717, 1.165) is 5.56 Å². The molecule has 7 nitrogen and oxygen atoms in total. The predicted octanol–water partition coefficient (Wildman–Crippen LogP) is 1.37. The van der Waals surface area contributed by atoms with E-state index in [1.807, 2.05) is 17.9 Å². The summed E-state index contributed by atoms with van der Waals surface area (Å²) in [5.41, 5.74) is 1.40. The zero-order valence-corrected chi connectivity index (χ0v) is 16.4. The minimum Gasteiger partial charge on any atom is -0.352 e. The van der Waals surface area contributed by atoms with Gasteiger partial charge in [-0.2, -0.15) is 0 Å². The maximum absolute atomic E-state index is 13.3. The normalized spacial score (nSPS) is 24.9. The van der Waals surface area contributed by atoms with Crippen molar-refractivity contribution in [2.45, 2.75) is 58.7 Å². The Morgan fingerprint density at radius 3 is 2.70 bits per heavy atom. The summed E-state index contributed by atoms with van der Waals surface area (Å²) in [7, 11) is 0. The van der Waals surface area contributed by atoms with Crippen LogP contribution in [0.4, 0.5) is 0 Å². The lowest BCUT2D eigenvalue weighted by atomic mass is 9.96. The van der Waals surface area contributed by atoms with Crippen LogP contribution in [0.5, 0.6) is 0 Å². The van der Waals surface area contributed by atoms with Crippen molar-refractivity contribution < 1.29 is 14.4 Å². The van der Waals surface area contributed by atoms with E-state index in [1.54, 1.807) is 17.3 Å². The highest BCUT2D eigenvalue weighted by Crippen LogP contribution is 2.30. The van der Waals surface area contributed by atoms with Crippen molar-refractivity contribution in [1.29, 1.82) is 0 Å². The van der Waals surface area contributed by atoms with Crippen LogP contribution in [0.25, 0.3) is 0 Å². The molecule has 3 rings (SSSR count). The molecular formula is C20H28N4O3. The fraction of sp³-hybridized carbons (Fsp3) is 0.600. The van der Waals surface area contributed by atoms with E-state index in [0.29, 0.717) is 31.5 Å². The average molecular weight is 372 g/mol. The number of amides is 3. The molecule has 0 spiro atoms. The molecule has 1 aromatic rings. The number of aromatic nitrogens is 1. The van der Waals surface area contributed by atoms with E-state index in [9.17, 15) is 14.4 Å². The topological polar surface area (TPSA) is 82.6 Å². The fourth-order valence-electron chi connectivity index (χ4n) is 4.17. The van der Waals surface area contributed by atoms with Crippen LogP contribution in [-0.4, -0.2) is 63.7 Å². The molecule has 146 valence electrons. The molecule has 0 saturated carbocycles. The third-order valence-electron chi connectivity index (χ3n) is 5.40. The van der Waals surface area contributed by atoms with Gasteiger partial charge in [-0.05, 0) is 37.3 Å². The van der Waals surface area contributed by atoms with Gasteiger partial charge in [-0.15, -0.1) is 0 Å². The molecule has 2 aliphatic heterocycles. The molecule has 0 aliphatic carbocycles. The van der Waals surface area contributed by atoms with Gasteiger partial charge in [-0.25, -0.2) is 0 Å². The summed E-state index contributed by atoms with van der Waals surface area (Å²) in [5, 5.41) is 2.91. The van der Waals surface area contributed by atoms with Crippen molar-refractivity contribution in [2.75, 3.05) is 13.1 Å². The molecule has 2 aliphatic rings. The number of nitrogens with one attached hydrogen (secondary N) is 1. The van der Waals surface area contributed by atoms with Gasteiger partial charge in [-0.3, -0.25) is 19.4 Å². The number of hydrogen-bond donors (Lipinski definition) is 1. The van der Waals surface area contributed by atoms with Crippen molar-refractivity contribution in [3.8, 4) is 0 Å². The summed E-state index contributed by atoms with van der Waals surface area (Å²) in [5.74, 6) is 0.0457. The third-order valence-corrected chi connectivity index (χ3v) is 5.40. The fourth-order valence-corrected chi connectivity index (χ4v) is 4.17. The van der Waals surface area contributed by atoms with Crippen LogP contribution in [0.1, 0.15) is 49.5 Å². The minimum absolute atomic E-state index is 0.0114. The number of carbonyl (C=O) groups is 3. The molecule has 2 fully saturated rings. The molecule has 3 atom stereocenters. The van der Waals surface area contributed by atoms with E-state index < -0.39 is 6.04 Å². The summed E-state index contributed by atoms with van der Waals surface area (Å²) < 4.78 is 0. The van der Waals surface area contributed by atoms with Crippen molar-refractivity contribution in [3.05, 3.63) is 29.6 Å². The van der Waals surface area contributed by atoms with Crippen molar-refractivity contribution >= 4 is 17.7 Å². The largest absolute Gasteiger partial charge is 0.352 e. The summed E-state index contributed by atoms with van der Waals surface area (Å²) >= 11 is 0. The summed E-state index contributed by atoms with van der Waals surface area (Å²) in [6.07, 6.45) is 4.54. The van der Waals surface area contributed by atoms with E-state index in [2.05, 4.69) is 24.1 Å². The first-order valence-corrected chi connectivity index (χ1v) is 9.57. The molecule has 3 amide bonds. The van der Waals surface area contributed by atoms with Gasteiger partial charge in [0.25, 0.3) is 5.91 Å². The van der Waals surface area contributed by atoms with E-state index >= 15 is 0 Å². The van der Waals surface area contributed by atoms with Crippen molar-refractivity contribution in [2.24, 2.45) is 5.92 Å². The van der Waals surface area contributed by atoms with Gasteiger partial charge in [-0.1, -0.05) is 13.8 Å². The lowest BCUT2D eigenvalue weighted by Crippen LogP contribution is -2.61. The van der Waals surface area contributed by atoms with Gasteiger partial charge in [0.15, 0.2) is 0 Å². The van der Waals surface area contributed by atoms with Crippen LogP contribution in [0.15, 0.2) is 18.5 Å². The zero-order chi connectivity index (χ0) is 19.7. The van der Waals surface area contributed by atoms with Gasteiger partial charge in [0.1, 0.15) is 6.04 Å². The Balaban J connectivity index is 1.88. The standard InChI is InChI=1S/C20H28N4O3/c1-12(2)7-18-20(27)23-10-15(22-14(4)25)8-16(23)11-24(18)19(26)17-9-21-6-5-13(17)3/h5-6,9,12,15-16,18H,7-8,10-11H2,1-4H3,(H,22,25)/t15-,16-,18-/m0/s1. The van der Waals surface area contributed by atoms with Gasteiger partial charge >= 0.3 is 0 Å². The SMILES string of the molecule is CC(=O)N[C@H]1C[C@H]2CN(C(=O)c3cnccc3C)[C@@H](CC(C)C)C(=O)N2C1. The predicted molar refractivity (Wildman–Crippen MR) is 101 cm³/mol. The monoisotopic (exact) mass is 372 g/mol. The lowest BCUT2D eigenvalue weighted by molar-refractivity contribution is -0.142. The number of piperazine rings is 1. The maximum atomic E-state index is 13.3. The third kappa shape index (κ3) is 3.96. The number of hydrogen-bond acceptors (Lipinski definition) is 4. The van der Waals surface area contributed by atoms with Gasteiger partial charge in [0.2, 0.25) is 11.8 Å². The Bertz CT molecular complexity index is 748. The smallest absolute Gasteiger partial charge is 0.256 e. The molecule has 0 aromatic carbocycles. The van der Waals surface area contributed by atoms with Crippen LogP contribution < -0.4 is 5.32 Å². The number of pyridine rings is 1. The second kappa shape index (κ2) is 7.66. The zero-order valence-electron chi connectivity index (χ0n) is 16.4. The van der Waals surface area contributed by atoms with Gasteiger partial charge < -0.3 is 15.1 Å². The number of aryl methyl sites for hydroxylation is 1. The number of rotatable bonds is 4. The molecule has 0 bridgehead atoms. The first-order chi connectivity index (χ1) is 12.8. The minimum atomic E-state index is -0.468. The van der Waals surface area contributed by atoms with Gasteiger partial charge in [0, 0.05) is 38.4 Å². The number of carbonyl (C=O) groups excluding carboxylic acids is 3. The van der Waals surface area contributed by atoms with E-state index in [-0.39, 0.29) is 35.7 Å². The summed E-state index contributed by atoms with van der Waals surface area (Å²) in [6, 6.07) is 1.24. The van der Waals surface area contributed by atoms with Crippen LogP contribution in [-0.2, 0) is 9.59 Å². The molecule has 1 N–H and O–H groups in total. The second-order valence-corrected chi connectivity index (χ2v) is 8.07. The molecule has 7 heteroatoms. The molecular weight excluding hydrogens is 344 g/mol. The second-order valence-electron chi connectivity index (χ2n) is 8.07. The number of fused-ring (bicyclic) bond motifs is 1. The van der Waals surface area contributed by atoms with Gasteiger partial charge in [0.05, 0.1) is 11.6 Å². The van der Waals surface area contributed by atoms with E-state index in [1.165, 1.54) is 6.92 Å². The highest BCUT2D eigenvalue weighted by molar-refractivity contribution is 5.99. The lowest BCUT2D eigenvalue weighted by Gasteiger charge is -2.43. The summed E-state index contributed by atoms with van der Waals surface area (Å²) in [4.78, 5) is 45.5. The average Bonchev–Trinajstić information content (AvgIpc) is 2.99. The molecule has 1 aromatic heterocycles. The molecule has 2 saturated heterocycles. The molecule has 3 heterocycles. The molecule has 0 unspecified atom stereocenters. The highest BCUT2D eigenvalue weighted by Gasteiger charge is 2.47. The van der Waals surface area contributed by atoms with Crippen LogP contribution in [0, 0.1) is 12.8 Å². The Labute approximate surface area is 160 Å². The van der Waals surface area contributed by atoms with Crippen LogP contribution >= 0.6 is 0 Å². The summed E-state index contributed by atoms with van der Waals surface area (Å²) in [6.45, 7) is 8.50. The van der Waals surface area contributed by atoms with Crippen LogP contribution in [0.2, 0.25) is 0 Å². The molecule has 27 heavy (non-hydrogen) atoms. The Kier molecular flexibility index (Phi) is 5.48. The number of nitrogens with zero attached hydrogens (tertiary/aromatic N) is 3. The Morgan fingerprint density at radius 2 is 2.07 bits per heavy atom. The van der Waals surface area contributed by atoms with E-state index in [4.69, 9.17) is 0 Å². The highest BCUT2D eigenvalue weighted by atomic mass is 16.2. The van der Waals surface area contributed by atoms with Crippen molar-refractivity contribution in [1.82, 2.24) is 20.1 Å². The molecule has 0 radical (unpaired) electrons. The van der Waals surface area contributed by atoms with Crippen molar-refractivity contribution in [3.63, 3.8) is 0 Å². The first kappa shape index (κ1) is 19.3. The Morgan fingerprint density at radius 1 is 1.33 bits per heavy atom. The first-order valence-electron chi connectivity index (χ1n) is 9.57. The maximum Gasteiger partial charge on any atom is 0.256 e.